The molecule has 0 saturated carbocycles. The molecule has 0 aliphatic rings. The molecule has 0 aliphatic heterocycles. The van der Waals surface area contributed by atoms with Crippen molar-refractivity contribution < 1.29 is 23.5 Å². The van der Waals surface area contributed by atoms with Crippen molar-refractivity contribution in [1.29, 1.82) is 0 Å². The van der Waals surface area contributed by atoms with E-state index in [9.17, 15) is 9.59 Å². The monoisotopic (exact) mass is 301 g/mol. The molecule has 0 saturated heterocycles. The van der Waals surface area contributed by atoms with E-state index in [2.05, 4.69) is 5.32 Å². The number of ether oxygens (including phenoxy) is 2. The standard InChI is InChI=1S/C16H15NO5/c1-20-11-22-14-6-4-12(5-7-14)13(10-18)9-17-16(19)15-3-2-8-21-15/h2-8H,9,11H2,1H3,(H,17,19). The Kier molecular flexibility index (Phi) is 5.54. The molecule has 1 heterocycles. The van der Waals surface area contributed by atoms with Crippen molar-refractivity contribution in [3.05, 3.63) is 54.0 Å². The molecule has 1 aromatic heterocycles. The maximum absolute atomic E-state index is 11.7. The zero-order valence-corrected chi connectivity index (χ0v) is 12.0. The number of methoxy groups -OCH3 is 1. The number of hydrogen-bond donors (Lipinski definition) is 1. The van der Waals surface area contributed by atoms with E-state index in [0.717, 1.165) is 0 Å². The summed E-state index contributed by atoms with van der Waals surface area (Å²) in [5, 5.41) is 2.60. The molecule has 0 spiro atoms. The van der Waals surface area contributed by atoms with Gasteiger partial charge in [0.15, 0.2) is 12.6 Å². The summed E-state index contributed by atoms with van der Waals surface area (Å²) < 4.78 is 15.0. The molecule has 0 bridgehead atoms. The third-order valence-corrected chi connectivity index (χ3v) is 2.84. The predicted octanol–water partition coefficient (Wildman–Crippen LogP) is 1.91. The van der Waals surface area contributed by atoms with E-state index in [1.807, 2.05) is 5.94 Å². The lowest BCUT2D eigenvalue weighted by Crippen LogP contribution is -2.25. The first-order valence-electron chi connectivity index (χ1n) is 6.52. The van der Waals surface area contributed by atoms with Gasteiger partial charge in [-0.1, -0.05) is 12.1 Å². The Hall–Kier alpha value is -2.82. The van der Waals surface area contributed by atoms with Crippen LogP contribution >= 0.6 is 0 Å². The minimum Gasteiger partial charge on any atom is -0.468 e. The molecule has 1 amide bonds. The highest BCUT2D eigenvalue weighted by atomic mass is 16.7. The van der Waals surface area contributed by atoms with Crippen molar-refractivity contribution in [1.82, 2.24) is 5.32 Å². The van der Waals surface area contributed by atoms with Crippen LogP contribution in [0.25, 0.3) is 5.57 Å². The number of benzene rings is 1. The zero-order valence-electron chi connectivity index (χ0n) is 12.0. The molecule has 0 atom stereocenters. The third kappa shape index (κ3) is 4.09. The maximum atomic E-state index is 11.7. The molecule has 6 heteroatoms. The average molecular weight is 301 g/mol. The molecule has 0 fully saturated rings. The van der Waals surface area contributed by atoms with E-state index in [0.29, 0.717) is 16.9 Å². The second kappa shape index (κ2) is 7.83. The van der Waals surface area contributed by atoms with Gasteiger partial charge in [0.05, 0.1) is 18.4 Å². The van der Waals surface area contributed by atoms with Gasteiger partial charge in [-0.15, -0.1) is 0 Å². The van der Waals surface area contributed by atoms with Crippen LogP contribution in [0.3, 0.4) is 0 Å². The first-order valence-corrected chi connectivity index (χ1v) is 6.52. The Bertz CT molecular complexity index is 654. The van der Waals surface area contributed by atoms with E-state index in [-0.39, 0.29) is 19.1 Å². The smallest absolute Gasteiger partial charge is 0.287 e. The number of carbonyl (C=O) groups is 1. The van der Waals surface area contributed by atoms with Crippen LogP contribution in [0.1, 0.15) is 16.1 Å². The van der Waals surface area contributed by atoms with Crippen molar-refractivity contribution in [2.75, 3.05) is 20.4 Å². The molecule has 2 rings (SSSR count). The van der Waals surface area contributed by atoms with Gasteiger partial charge in [-0.3, -0.25) is 4.79 Å². The van der Waals surface area contributed by atoms with E-state index in [4.69, 9.17) is 13.9 Å². The Morgan fingerprint density at radius 2 is 2.05 bits per heavy atom. The summed E-state index contributed by atoms with van der Waals surface area (Å²) in [6.07, 6.45) is 1.41. The van der Waals surface area contributed by atoms with E-state index in [1.165, 1.54) is 13.4 Å². The highest BCUT2D eigenvalue weighted by Crippen LogP contribution is 2.17. The van der Waals surface area contributed by atoms with Crippen LogP contribution in [0.4, 0.5) is 0 Å². The molecule has 6 nitrogen and oxygen atoms in total. The van der Waals surface area contributed by atoms with Crippen LogP contribution in [-0.4, -0.2) is 32.3 Å². The molecular formula is C16H15NO5. The van der Waals surface area contributed by atoms with E-state index in [1.54, 1.807) is 36.4 Å². The molecule has 2 aromatic rings. The lowest BCUT2D eigenvalue weighted by atomic mass is 10.1. The Labute approximate surface area is 127 Å². The summed E-state index contributed by atoms with van der Waals surface area (Å²) in [5.41, 5.74) is 0.984. The van der Waals surface area contributed by atoms with Gasteiger partial charge in [0.2, 0.25) is 0 Å². The summed E-state index contributed by atoms with van der Waals surface area (Å²) in [6, 6.07) is 10.0. The van der Waals surface area contributed by atoms with Crippen LogP contribution in [0.2, 0.25) is 0 Å². The van der Waals surface area contributed by atoms with Crippen LogP contribution in [-0.2, 0) is 9.53 Å². The van der Waals surface area contributed by atoms with Crippen molar-refractivity contribution in [3.8, 4) is 5.75 Å². The highest BCUT2D eigenvalue weighted by molar-refractivity contribution is 5.95. The fourth-order valence-electron chi connectivity index (χ4n) is 1.74. The second-order valence-electron chi connectivity index (χ2n) is 4.32. The van der Waals surface area contributed by atoms with Crippen molar-refractivity contribution in [2.45, 2.75) is 0 Å². The minimum absolute atomic E-state index is 0.0569. The minimum atomic E-state index is -0.391. The van der Waals surface area contributed by atoms with Gasteiger partial charge in [-0.2, -0.15) is 0 Å². The predicted molar refractivity (Wildman–Crippen MR) is 79.1 cm³/mol. The van der Waals surface area contributed by atoms with Crippen LogP contribution in [0.5, 0.6) is 5.75 Å². The topological polar surface area (TPSA) is 77.8 Å². The molecule has 22 heavy (non-hydrogen) atoms. The van der Waals surface area contributed by atoms with Crippen LogP contribution < -0.4 is 10.1 Å². The lowest BCUT2D eigenvalue weighted by Gasteiger charge is -2.07. The van der Waals surface area contributed by atoms with Crippen molar-refractivity contribution in [3.63, 3.8) is 0 Å². The first-order chi connectivity index (χ1) is 10.7. The van der Waals surface area contributed by atoms with E-state index < -0.39 is 5.91 Å². The molecule has 114 valence electrons. The fourth-order valence-corrected chi connectivity index (χ4v) is 1.74. The largest absolute Gasteiger partial charge is 0.468 e. The summed E-state index contributed by atoms with van der Waals surface area (Å²) in [5.74, 6) is 2.26. The van der Waals surface area contributed by atoms with Crippen molar-refractivity contribution in [2.24, 2.45) is 0 Å². The summed E-state index contributed by atoms with van der Waals surface area (Å²) >= 11 is 0. The van der Waals surface area contributed by atoms with Gasteiger partial charge in [0.1, 0.15) is 11.7 Å². The first kappa shape index (κ1) is 15.6. The van der Waals surface area contributed by atoms with E-state index >= 15 is 0 Å². The quantitative estimate of drug-likeness (QED) is 0.624. The van der Waals surface area contributed by atoms with Gasteiger partial charge in [-0.05, 0) is 29.8 Å². The number of rotatable bonds is 7. The molecule has 0 aliphatic carbocycles. The molecule has 0 radical (unpaired) electrons. The van der Waals surface area contributed by atoms with Gasteiger partial charge < -0.3 is 19.2 Å². The average Bonchev–Trinajstić information content (AvgIpc) is 3.09. The van der Waals surface area contributed by atoms with Gasteiger partial charge in [0, 0.05) is 7.11 Å². The van der Waals surface area contributed by atoms with Gasteiger partial charge in [0.25, 0.3) is 5.91 Å². The Morgan fingerprint density at radius 1 is 1.27 bits per heavy atom. The third-order valence-electron chi connectivity index (χ3n) is 2.84. The van der Waals surface area contributed by atoms with Crippen LogP contribution in [0.15, 0.2) is 47.1 Å². The number of nitrogens with one attached hydrogen (secondary N) is 1. The number of carbonyl (C=O) groups excluding carboxylic acids is 2. The second-order valence-corrected chi connectivity index (χ2v) is 4.32. The zero-order chi connectivity index (χ0) is 15.8. The SMILES string of the molecule is COCOc1ccc(C(=C=O)CNC(=O)c2ccco2)cc1. The lowest BCUT2D eigenvalue weighted by molar-refractivity contribution is 0.0511. The van der Waals surface area contributed by atoms with Crippen LogP contribution in [0, 0.1) is 0 Å². The van der Waals surface area contributed by atoms with Gasteiger partial charge in [-0.25, -0.2) is 4.79 Å². The molecule has 0 unspecified atom stereocenters. The molecule has 1 aromatic carbocycles. The Morgan fingerprint density at radius 3 is 2.64 bits per heavy atom. The normalized spacial score (nSPS) is 9.86. The molecular weight excluding hydrogens is 286 g/mol. The fraction of sp³-hybridized carbons (Fsp3) is 0.188. The number of amides is 1. The molecule has 1 N–H and O–H groups in total. The number of furan rings is 1. The van der Waals surface area contributed by atoms with Crippen molar-refractivity contribution >= 4 is 17.4 Å². The maximum Gasteiger partial charge on any atom is 0.287 e. The summed E-state index contributed by atoms with van der Waals surface area (Å²) in [7, 11) is 1.53. The summed E-state index contributed by atoms with van der Waals surface area (Å²) in [4.78, 5) is 22.8. The number of hydrogen-bond acceptors (Lipinski definition) is 5. The summed E-state index contributed by atoms with van der Waals surface area (Å²) in [6.45, 7) is 0.205. The highest BCUT2D eigenvalue weighted by Gasteiger charge is 2.10. The Balaban J connectivity index is 1.97. The van der Waals surface area contributed by atoms with Gasteiger partial charge >= 0.3 is 0 Å².